The second-order valence-corrected chi connectivity index (χ2v) is 5.60. The number of nitrogens with zero attached hydrogens (tertiary/aromatic N) is 3. The molecule has 0 saturated heterocycles. The van der Waals surface area contributed by atoms with Crippen molar-refractivity contribution in [3.63, 3.8) is 0 Å². The first kappa shape index (κ1) is 13.6. The number of nitrogens with two attached hydrogens (primary N) is 1. The van der Waals surface area contributed by atoms with Crippen molar-refractivity contribution in [2.45, 2.75) is 45.7 Å². The zero-order valence-corrected chi connectivity index (χ0v) is 11.8. The lowest BCUT2D eigenvalue weighted by Gasteiger charge is -2.31. The van der Waals surface area contributed by atoms with Gasteiger partial charge in [0, 0.05) is 25.3 Å². The van der Waals surface area contributed by atoms with Crippen LogP contribution in [-0.2, 0) is 0 Å². The predicted octanol–water partition coefficient (Wildman–Crippen LogP) is 2.20. The largest absolute Gasteiger partial charge is 0.331 e. The van der Waals surface area contributed by atoms with Gasteiger partial charge in [-0.1, -0.05) is 6.92 Å². The molecule has 0 aliphatic heterocycles. The van der Waals surface area contributed by atoms with Crippen molar-refractivity contribution in [1.29, 1.82) is 0 Å². The molecule has 2 N–H and O–H groups in total. The van der Waals surface area contributed by atoms with Gasteiger partial charge >= 0.3 is 0 Å². The van der Waals surface area contributed by atoms with Gasteiger partial charge in [-0.05, 0) is 39.2 Å². The van der Waals surface area contributed by atoms with Gasteiger partial charge in [-0.15, -0.1) is 0 Å². The molecule has 18 heavy (non-hydrogen) atoms. The SMILES string of the molecule is CCN(CC1CC1)C(CN)c1cncn1C(C)C. The van der Waals surface area contributed by atoms with Crippen LogP contribution in [-0.4, -0.2) is 34.1 Å². The molecule has 0 radical (unpaired) electrons. The molecule has 0 aromatic carbocycles. The van der Waals surface area contributed by atoms with Crippen LogP contribution in [0.1, 0.15) is 51.4 Å². The Bertz CT molecular complexity index is 368. The summed E-state index contributed by atoms with van der Waals surface area (Å²) >= 11 is 0. The first-order valence-electron chi connectivity index (χ1n) is 7.13. The van der Waals surface area contributed by atoms with Crippen LogP contribution in [0, 0.1) is 5.92 Å². The quantitative estimate of drug-likeness (QED) is 0.807. The molecule has 1 unspecified atom stereocenters. The van der Waals surface area contributed by atoms with E-state index in [1.54, 1.807) is 0 Å². The smallest absolute Gasteiger partial charge is 0.0951 e. The maximum atomic E-state index is 6.02. The molecule has 1 saturated carbocycles. The summed E-state index contributed by atoms with van der Waals surface area (Å²) in [5.74, 6) is 0.898. The first-order valence-corrected chi connectivity index (χ1v) is 7.13. The summed E-state index contributed by atoms with van der Waals surface area (Å²) in [6, 6.07) is 0.747. The molecule has 2 rings (SSSR count). The highest BCUT2D eigenvalue weighted by molar-refractivity contribution is 5.08. The molecular weight excluding hydrogens is 224 g/mol. The van der Waals surface area contributed by atoms with Crippen LogP contribution in [0.15, 0.2) is 12.5 Å². The first-order chi connectivity index (χ1) is 8.67. The normalized spacial score (nSPS) is 17.7. The predicted molar refractivity (Wildman–Crippen MR) is 74.4 cm³/mol. The zero-order valence-electron chi connectivity index (χ0n) is 11.8. The fourth-order valence-corrected chi connectivity index (χ4v) is 2.57. The fourth-order valence-electron chi connectivity index (χ4n) is 2.57. The number of hydrogen-bond acceptors (Lipinski definition) is 3. The van der Waals surface area contributed by atoms with Gasteiger partial charge in [0.1, 0.15) is 0 Å². The number of rotatable bonds is 7. The van der Waals surface area contributed by atoms with Crippen LogP contribution in [0.3, 0.4) is 0 Å². The Kier molecular flexibility index (Phi) is 4.40. The topological polar surface area (TPSA) is 47.1 Å². The van der Waals surface area contributed by atoms with Gasteiger partial charge in [-0.25, -0.2) is 4.98 Å². The molecular formula is C14H26N4. The fraction of sp³-hybridized carbons (Fsp3) is 0.786. The van der Waals surface area contributed by atoms with Crippen molar-refractivity contribution in [2.24, 2.45) is 11.7 Å². The van der Waals surface area contributed by atoms with Gasteiger partial charge in [-0.3, -0.25) is 4.90 Å². The van der Waals surface area contributed by atoms with Gasteiger partial charge in [0.15, 0.2) is 0 Å². The Labute approximate surface area is 110 Å². The third-order valence-electron chi connectivity index (χ3n) is 3.85. The van der Waals surface area contributed by atoms with Gasteiger partial charge in [0.25, 0.3) is 0 Å². The Hall–Kier alpha value is -0.870. The van der Waals surface area contributed by atoms with E-state index >= 15 is 0 Å². The molecule has 1 heterocycles. The molecule has 1 aliphatic carbocycles. The number of hydrogen-bond donors (Lipinski definition) is 1. The highest BCUT2D eigenvalue weighted by Crippen LogP contribution is 2.32. The molecule has 1 aromatic heterocycles. The summed E-state index contributed by atoms with van der Waals surface area (Å²) in [5, 5.41) is 0. The maximum Gasteiger partial charge on any atom is 0.0951 e. The van der Waals surface area contributed by atoms with Crippen LogP contribution in [0.25, 0.3) is 0 Å². The molecule has 0 bridgehead atoms. The lowest BCUT2D eigenvalue weighted by molar-refractivity contribution is 0.194. The Morgan fingerprint density at radius 1 is 1.50 bits per heavy atom. The van der Waals surface area contributed by atoms with E-state index in [0.717, 1.165) is 12.5 Å². The third-order valence-corrected chi connectivity index (χ3v) is 3.85. The minimum atomic E-state index is 0.306. The van der Waals surface area contributed by atoms with E-state index in [4.69, 9.17) is 5.73 Å². The van der Waals surface area contributed by atoms with Gasteiger partial charge < -0.3 is 10.3 Å². The van der Waals surface area contributed by atoms with Crippen LogP contribution < -0.4 is 5.73 Å². The number of imidazole rings is 1. The molecule has 0 amide bonds. The summed E-state index contributed by atoms with van der Waals surface area (Å²) in [5.41, 5.74) is 7.28. The second kappa shape index (κ2) is 5.85. The Morgan fingerprint density at radius 3 is 2.72 bits per heavy atom. The van der Waals surface area contributed by atoms with Crippen LogP contribution in [0.5, 0.6) is 0 Å². The summed E-state index contributed by atoms with van der Waals surface area (Å²) < 4.78 is 2.24. The van der Waals surface area contributed by atoms with E-state index in [9.17, 15) is 0 Å². The average molecular weight is 250 g/mol. The average Bonchev–Trinajstić information content (AvgIpc) is 3.03. The van der Waals surface area contributed by atoms with E-state index < -0.39 is 0 Å². The van der Waals surface area contributed by atoms with E-state index in [0.29, 0.717) is 18.6 Å². The summed E-state index contributed by atoms with van der Waals surface area (Å²) in [4.78, 5) is 6.81. The highest BCUT2D eigenvalue weighted by atomic mass is 15.2. The van der Waals surface area contributed by atoms with E-state index in [-0.39, 0.29) is 0 Å². The maximum absolute atomic E-state index is 6.02. The van der Waals surface area contributed by atoms with Gasteiger partial charge in [0.05, 0.1) is 18.1 Å². The molecule has 1 aliphatic rings. The molecule has 4 nitrogen and oxygen atoms in total. The zero-order chi connectivity index (χ0) is 13.1. The van der Waals surface area contributed by atoms with E-state index in [1.165, 1.54) is 25.1 Å². The van der Waals surface area contributed by atoms with Gasteiger partial charge in [-0.2, -0.15) is 0 Å². The summed E-state index contributed by atoms with van der Waals surface area (Å²) in [7, 11) is 0. The van der Waals surface area contributed by atoms with Crippen molar-refractivity contribution in [1.82, 2.24) is 14.5 Å². The second-order valence-electron chi connectivity index (χ2n) is 5.60. The van der Waals surface area contributed by atoms with Crippen molar-refractivity contribution in [2.75, 3.05) is 19.6 Å². The van der Waals surface area contributed by atoms with Crippen molar-refractivity contribution in [3.8, 4) is 0 Å². The number of likely N-dealkylation sites (N-methyl/N-ethyl adjacent to an activating group) is 1. The lowest BCUT2D eigenvalue weighted by Crippen LogP contribution is -2.36. The van der Waals surface area contributed by atoms with Crippen molar-refractivity contribution in [3.05, 3.63) is 18.2 Å². The summed E-state index contributed by atoms with van der Waals surface area (Å²) in [6.45, 7) is 9.51. The van der Waals surface area contributed by atoms with Gasteiger partial charge in [0.2, 0.25) is 0 Å². The van der Waals surface area contributed by atoms with E-state index in [1.807, 2.05) is 12.5 Å². The molecule has 1 aromatic rings. The van der Waals surface area contributed by atoms with E-state index in [2.05, 4.69) is 35.2 Å². The Morgan fingerprint density at radius 2 is 2.22 bits per heavy atom. The lowest BCUT2D eigenvalue weighted by atomic mass is 10.1. The highest BCUT2D eigenvalue weighted by Gasteiger charge is 2.29. The Balaban J connectivity index is 2.16. The third kappa shape index (κ3) is 2.93. The minimum absolute atomic E-state index is 0.306. The monoisotopic (exact) mass is 250 g/mol. The van der Waals surface area contributed by atoms with Crippen LogP contribution in [0.2, 0.25) is 0 Å². The molecule has 1 atom stereocenters. The molecule has 0 spiro atoms. The number of aromatic nitrogens is 2. The van der Waals surface area contributed by atoms with Crippen LogP contribution in [0.4, 0.5) is 0 Å². The standard InChI is InChI=1S/C14H26N4/c1-4-17(9-12-5-6-12)13(7-15)14-8-16-10-18(14)11(2)3/h8,10-13H,4-7,9,15H2,1-3H3. The minimum Gasteiger partial charge on any atom is -0.331 e. The molecule has 102 valence electrons. The summed E-state index contributed by atoms with van der Waals surface area (Å²) in [6.07, 6.45) is 6.68. The van der Waals surface area contributed by atoms with Crippen molar-refractivity contribution < 1.29 is 0 Å². The van der Waals surface area contributed by atoms with Crippen molar-refractivity contribution >= 4 is 0 Å². The molecule has 4 heteroatoms. The van der Waals surface area contributed by atoms with Crippen LogP contribution >= 0.6 is 0 Å². The molecule has 1 fully saturated rings.